The van der Waals surface area contributed by atoms with Crippen molar-refractivity contribution >= 4 is 11.9 Å². The van der Waals surface area contributed by atoms with Gasteiger partial charge < -0.3 is 18.9 Å². The zero-order valence-electron chi connectivity index (χ0n) is 11.8. The minimum Gasteiger partial charge on any atom is -0.463 e. The van der Waals surface area contributed by atoms with Crippen LogP contribution in [-0.4, -0.2) is 43.7 Å². The van der Waals surface area contributed by atoms with E-state index >= 15 is 0 Å². The smallest absolute Gasteiger partial charge is 0.303 e. The number of hydrogen-bond donors (Lipinski definition) is 0. The highest BCUT2D eigenvalue weighted by molar-refractivity contribution is 5.66. The van der Waals surface area contributed by atoms with Gasteiger partial charge in [-0.2, -0.15) is 0 Å². The lowest BCUT2D eigenvalue weighted by Crippen LogP contribution is -2.42. The van der Waals surface area contributed by atoms with Gasteiger partial charge >= 0.3 is 11.9 Å². The molecule has 6 heteroatoms. The highest BCUT2D eigenvalue weighted by Crippen LogP contribution is 2.17. The summed E-state index contributed by atoms with van der Waals surface area (Å²) in [5, 5.41) is 0. The van der Waals surface area contributed by atoms with Crippen molar-refractivity contribution in [3.63, 3.8) is 0 Å². The number of ether oxygens (including phenoxy) is 4. The molecule has 0 fully saturated rings. The molecule has 0 aliphatic carbocycles. The van der Waals surface area contributed by atoms with E-state index in [0.29, 0.717) is 0 Å². The fraction of sp³-hybridized carbons (Fsp3) is 0.571. The van der Waals surface area contributed by atoms with E-state index in [1.807, 2.05) is 0 Å². The number of carbonyl (C=O) groups is 2. The molecule has 1 heterocycles. The first-order valence-electron chi connectivity index (χ1n) is 6.18. The van der Waals surface area contributed by atoms with Crippen molar-refractivity contribution in [3.8, 4) is 11.8 Å². The highest BCUT2D eigenvalue weighted by Gasteiger charge is 2.30. The molecule has 1 rings (SSSR count). The molecule has 0 N–H and O–H groups in total. The maximum Gasteiger partial charge on any atom is 0.303 e. The fourth-order valence-electron chi connectivity index (χ4n) is 1.55. The SMILES string of the molecule is CC#CCO[C@@H]1C=C[C@H](OC(C)=O)[C@@H](COC(C)=O)O1. The molecule has 0 aromatic carbocycles. The molecule has 6 nitrogen and oxygen atoms in total. The Kier molecular flexibility index (Phi) is 6.77. The quantitative estimate of drug-likeness (QED) is 0.422. The third-order valence-corrected chi connectivity index (χ3v) is 2.38. The van der Waals surface area contributed by atoms with Crippen molar-refractivity contribution in [2.45, 2.75) is 39.3 Å². The Bertz CT molecular complexity index is 431. The van der Waals surface area contributed by atoms with Crippen LogP contribution in [0.1, 0.15) is 20.8 Å². The van der Waals surface area contributed by atoms with Crippen molar-refractivity contribution in [1.29, 1.82) is 0 Å². The second-order valence-electron chi connectivity index (χ2n) is 4.04. The van der Waals surface area contributed by atoms with Crippen LogP contribution in [0.4, 0.5) is 0 Å². The molecule has 0 aromatic rings. The van der Waals surface area contributed by atoms with Gasteiger partial charge in [-0.1, -0.05) is 5.92 Å². The van der Waals surface area contributed by atoms with Gasteiger partial charge in [0.05, 0.1) is 0 Å². The molecular weight excluding hydrogens is 264 g/mol. The third kappa shape index (κ3) is 5.87. The van der Waals surface area contributed by atoms with Crippen LogP contribution in [-0.2, 0) is 28.5 Å². The van der Waals surface area contributed by atoms with Crippen LogP contribution >= 0.6 is 0 Å². The van der Waals surface area contributed by atoms with Crippen molar-refractivity contribution in [3.05, 3.63) is 12.2 Å². The molecule has 0 spiro atoms. The summed E-state index contributed by atoms with van der Waals surface area (Å²) >= 11 is 0. The van der Waals surface area contributed by atoms with Gasteiger partial charge in [0, 0.05) is 13.8 Å². The molecule has 1 aliphatic rings. The zero-order chi connectivity index (χ0) is 15.0. The van der Waals surface area contributed by atoms with Crippen molar-refractivity contribution in [2.75, 3.05) is 13.2 Å². The molecule has 110 valence electrons. The first-order chi connectivity index (χ1) is 9.52. The largest absolute Gasteiger partial charge is 0.463 e. The Labute approximate surface area is 118 Å². The maximum absolute atomic E-state index is 11.0. The van der Waals surface area contributed by atoms with E-state index in [4.69, 9.17) is 18.9 Å². The van der Waals surface area contributed by atoms with E-state index in [1.165, 1.54) is 13.8 Å². The van der Waals surface area contributed by atoms with Gasteiger partial charge in [-0.3, -0.25) is 9.59 Å². The van der Waals surface area contributed by atoms with Gasteiger partial charge in [-0.05, 0) is 19.1 Å². The van der Waals surface area contributed by atoms with E-state index < -0.39 is 30.4 Å². The van der Waals surface area contributed by atoms with Crippen LogP contribution in [0.5, 0.6) is 0 Å². The molecule has 0 saturated heterocycles. The lowest BCUT2D eigenvalue weighted by atomic mass is 10.1. The predicted octanol–water partition coefficient (Wildman–Crippen LogP) is 0.802. The van der Waals surface area contributed by atoms with Crippen molar-refractivity contribution in [2.24, 2.45) is 0 Å². The lowest BCUT2D eigenvalue weighted by molar-refractivity contribution is -0.193. The van der Waals surface area contributed by atoms with Gasteiger partial charge in [0.25, 0.3) is 0 Å². The minimum atomic E-state index is -0.608. The number of carbonyl (C=O) groups excluding carboxylic acids is 2. The predicted molar refractivity (Wildman–Crippen MR) is 69.4 cm³/mol. The molecular formula is C14H18O6. The average molecular weight is 282 g/mol. The van der Waals surface area contributed by atoms with Crippen molar-refractivity contribution < 1.29 is 28.5 Å². The van der Waals surface area contributed by atoms with Gasteiger partial charge in [0.15, 0.2) is 6.29 Å². The Balaban J connectivity index is 2.62. The molecule has 0 radical (unpaired) electrons. The number of hydrogen-bond acceptors (Lipinski definition) is 6. The van der Waals surface area contributed by atoms with Crippen LogP contribution in [0.3, 0.4) is 0 Å². The molecule has 3 atom stereocenters. The second-order valence-corrected chi connectivity index (χ2v) is 4.04. The summed E-state index contributed by atoms with van der Waals surface area (Å²) in [7, 11) is 0. The Morgan fingerprint density at radius 1 is 1.25 bits per heavy atom. The van der Waals surface area contributed by atoms with E-state index in [9.17, 15) is 9.59 Å². The molecule has 0 bridgehead atoms. The first-order valence-corrected chi connectivity index (χ1v) is 6.18. The molecule has 1 aliphatic heterocycles. The minimum absolute atomic E-state index is 0.0169. The summed E-state index contributed by atoms with van der Waals surface area (Å²) < 4.78 is 20.9. The van der Waals surface area contributed by atoms with Gasteiger partial charge in [0.1, 0.15) is 25.4 Å². The second kappa shape index (κ2) is 8.35. The number of rotatable bonds is 5. The van der Waals surface area contributed by atoms with Crippen LogP contribution < -0.4 is 0 Å². The van der Waals surface area contributed by atoms with E-state index in [-0.39, 0.29) is 13.2 Å². The Morgan fingerprint density at radius 3 is 2.60 bits per heavy atom. The number of esters is 2. The maximum atomic E-state index is 11.0. The van der Waals surface area contributed by atoms with E-state index in [0.717, 1.165) is 0 Å². The molecule has 0 saturated carbocycles. The third-order valence-electron chi connectivity index (χ3n) is 2.38. The Hall–Kier alpha value is -1.84. The van der Waals surface area contributed by atoms with E-state index in [1.54, 1.807) is 19.1 Å². The normalized spacial score (nSPS) is 24.4. The van der Waals surface area contributed by atoms with Crippen LogP contribution in [0.2, 0.25) is 0 Å². The van der Waals surface area contributed by atoms with Gasteiger partial charge in [-0.15, -0.1) is 5.92 Å². The highest BCUT2D eigenvalue weighted by atomic mass is 16.7. The van der Waals surface area contributed by atoms with Gasteiger partial charge in [-0.25, -0.2) is 0 Å². The summed E-state index contributed by atoms with van der Waals surface area (Å²) in [6.45, 7) is 4.52. The fourth-order valence-corrected chi connectivity index (χ4v) is 1.55. The summed E-state index contributed by atoms with van der Waals surface area (Å²) in [4.78, 5) is 21.9. The van der Waals surface area contributed by atoms with Crippen LogP contribution in [0, 0.1) is 11.8 Å². The lowest BCUT2D eigenvalue weighted by Gasteiger charge is -2.30. The Morgan fingerprint density at radius 2 is 2.00 bits per heavy atom. The standard InChI is InChI=1S/C14H18O6/c1-4-5-8-17-14-7-6-12(19-11(3)16)13(20-14)9-18-10(2)15/h6-7,12-14H,8-9H2,1-3H3/t12-,13+,14-/m0/s1. The zero-order valence-corrected chi connectivity index (χ0v) is 11.8. The van der Waals surface area contributed by atoms with Crippen LogP contribution in [0.25, 0.3) is 0 Å². The van der Waals surface area contributed by atoms with Gasteiger partial charge in [0.2, 0.25) is 0 Å². The summed E-state index contributed by atoms with van der Waals surface area (Å²) in [5.41, 5.74) is 0. The average Bonchev–Trinajstić information content (AvgIpc) is 2.38. The van der Waals surface area contributed by atoms with Crippen molar-refractivity contribution in [1.82, 2.24) is 0 Å². The monoisotopic (exact) mass is 282 g/mol. The molecule has 20 heavy (non-hydrogen) atoms. The van der Waals surface area contributed by atoms with Crippen LogP contribution in [0.15, 0.2) is 12.2 Å². The first kappa shape index (κ1) is 16.2. The molecule has 0 unspecified atom stereocenters. The summed E-state index contributed by atoms with van der Waals surface area (Å²) in [6, 6.07) is 0. The topological polar surface area (TPSA) is 71.1 Å². The summed E-state index contributed by atoms with van der Waals surface area (Å²) in [5.74, 6) is 4.58. The summed E-state index contributed by atoms with van der Waals surface area (Å²) in [6.07, 6.45) is 1.47. The molecule has 0 aromatic heterocycles. The molecule has 0 amide bonds. The van der Waals surface area contributed by atoms with E-state index in [2.05, 4.69) is 11.8 Å².